The van der Waals surface area contributed by atoms with Gasteiger partial charge >= 0.3 is 0 Å². The van der Waals surface area contributed by atoms with Gasteiger partial charge in [0.2, 0.25) is 5.91 Å². The van der Waals surface area contributed by atoms with Crippen molar-refractivity contribution < 1.29 is 22.3 Å². The minimum atomic E-state index is -2.84. The summed E-state index contributed by atoms with van der Waals surface area (Å²) >= 11 is 0. The molecule has 0 aliphatic carbocycles. The van der Waals surface area contributed by atoms with Crippen molar-refractivity contribution >= 4 is 22.7 Å². The molecule has 0 radical (unpaired) electrons. The summed E-state index contributed by atoms with van der Waals surface area (Å²) < 4.78 is 43.0. The van der Waals surface area contributed by atoms with Gasteiger partial charge in [-0.2, -0.15) is 0 Å². The van der Waals surface area contributed by atoms with Crippen molar-refractivity contribution in [3.05, 3.63) is 11.8 Å². The highest BCUT2D eigenvalue weighted by molar-refractivity contribution is 7.85. The number of halogens is 2. The monoisotopic (exact) mass is 349 g/mol. The number of nitrogens with zero attached hydrogens (tertiary/aromatic N) is 2. The van der Waals surface area contributed by atoms with Gasteiger partial charge in [-0.25, -0.2) is 17.3 Å². The van der Waals surface area contributed by atoms with Crippen LogP contribution in [-0.4, -0.2) is 43.3 Å². The fourth-order valence-electron chi connectivity index (χ4n) is 1.94. The molecular formula is C14H21F2N3O3S. The van der Waals surface area contributed by atoms with E-state index in [4.69, 9.17) is 4.52 Å². The van der Waals surface area contributed by atoms with E-state index in [1.807, 2.05) is 20.8 Å². The zero-order valence-corrected chi connectivity index (χ0v) is 14.6. The first-order chi connectivity index (χ1) is 10.3. The van der Waals surface area contributed by atoms with Crippen LogP contribution in [0.1, 0.15) is 40.4 Å². The number of anilines is 1. The molecule has 23 heavy (non-hydrogen) atoms. The van der Waals surface area contributed by atoms with E-state index in [0.717, 1.165) is 4.31 Å². The Hall–Kier alpha value is -1.35. The molecule has 9 heteroatoms. The van der Waals surface area contributed by atoms with E-state index in [1.54, 1.807) is 6.07 Å². The second-order valence-corrected chi connectivity index (χ2v) is 9.23. The van der Waals surface area contributed by atoms with Gasteiger partial charge in [0.1, 0.15) is 21.5 Å². The molecule has 1 aromatic heterocycles. The predicted molar refractivity (Wildman–Crippen MR) is 82.6 cm³/mol. The molecule has 1 atom stereocenters. The second kappa shape index (κ2) is 5.62. The van der Waals surface area contributed by atoms with Gasteiger partial charge in [-0.15, -0.1) is 0 Å². The number of hydrogen-bond acceptors (Lipinski definition) is 4. The highest BCUT2D eigenvalue weighted by atomic mass is 32.2. The van der Waals surface area contributed by atoms with Gasteiger partial charge in [-0.05, 0) is 13.8 Å². The number of rotatable bonds is 4. The van der Waals surface area contributed by atoms with Crippen LogP contribution in [0.25, 0.3) is 0 Å². The Morgan fingerprint density at radius 3 is 2.35 bits per heavy atom. The molecule has 2 rings (SSSR count). The third-order valence-corrected chi connectivity index (χ3v) is 5.31. The number of nitrogens with one attached hydrogen (secondary N) is 1. The number of hydrogen-bond donors (Lipinski definition) is 1. The van der Waals surface area contributed by atoms with E-state index in [-0.39, 0.29) is 11.2 Å². The summed E-state index contributed by atoms with van der Waals surface area (Å²) in [6.45, 7) is 7.48. The fourth-order valence-corrected chi connectivity index (χ4v) is 3.41. The zero-order chi connectivity index (χ0) is 17.6. The van der Waals surface area contributed by atoms with Crippen LogP contribution in [0.2, 0.25) is 0 Å². The standard InChI is InChI=1S/C14H21F2N3O3S/c1-12(2,3)9-6-10(18-22-9)17-11(20)13(4,5)23(21)19-7-14(15,16)8-19/h6H,7-8H2,1-5H3,(H,17,18,20). The molecule has 0 spiro atoms. The van der Waals surface area contributed by atoms with Crippen LogP contribution in [0.5, 0.6) is 0 Å². The molecule has 1 aromatic rings. The number of alkyl halides is 2. The summed E-state index contributed by atoms with van der Waals surface area (Å²) in [5.74, 6) is -2.61. The Labute approximate surface area is 136 Å². The molecule has 0 bridgehead atoms. The molecule has 1 amide bonds. The summed E-state index contributed by atoms with van der Waals surface area (Å²) in [7, 11) is -1.87. The average molecular weight is 349 g/mol. The zero-order valence-electron chi connectivity index (χ0n) is 13.8. The number of aromatic nitrogens is 1. The maximum Gasteiger partial charge on any atom is 0.274 e. The average Bonchev–Trinajstić information content (AvgIpc) is 2.83. The van der Waals surface area contributed by atoms with Crippen LogP contribution >= 0.6 is 0 Å². The van der Waals surface area contributed by atoms with E-state index in [1.165, 1.54) is 13.8 Å². The van der Waals surface area contributed by atoms with Crippen molar-refractivity contribution in [2.24, 2.45) is 0 Å². The van der Waals surface area contributed by atoms with Crippen LogP contribution < -0.4 is 5.32 Å². The largest absolute Gasteiger partial charge is 0.359 e. The lowest BCUT2D eigenvalue weighted by molar-refractivity contribution is -0.118. The van der Waals surface area contributed by atoms with Gasteiger partial charge in [0.15, 0.2) is 5.82 Å². The lowest BCUT2D eigenvalue weighted by atomic mass is 9.93. The summed E-state index contributed by atoms with van der Waals surface area (Å²) in [4.78, 5) is 12.3. The molecular weight excluding hydrogens is 328 g/mol. The molecule has 1 fully saturated rings. The first-order valence-corrected chi connectivity index (χ1v) is 8.27. The molecule has 1 N–H and O–H groups in total. The van der Waals surface area contributed by atoms with Crippen molar-refractivity contribution in [3.63, 3.8) is 0 Å². The number of amides is 1. The maximum atomic E-state index is 12.9. The van der Waals surface area contributed by atoms with Crippen molar-refractivity contribution in [1.29, 1.82) is 0 Å². The number of carbonyl (C=O) groups excluding carboxylic acids is 1. The van der Waals surface area contributed by atoms with Gasteiger partial charge in [-0.3, -0.25) is 4.79 Å². The minimum Gasteiger partial charge on any atom is -0.359 e. The van der Waals surface area contributed by atoms with Crippen LogP contribution in [0, 0.1) is 0 Å². The Kier molecular flexibility index (Phi) is 4.40. The highest BCUT2D eigenvalue weighted by Gasteiger charge is 2.51. The first-order valence-electron chi connectivity index (χ1n) is 7.16. The van der Waals surface area contributed by atoms with Gasteiger partial charge in [0.25, 0.3) is 5.92 Å². The SMILES string of the molecule is CC(C)(C)c1cc(NC(=O)C(C)(C)S(=O)N2CC(F)(F)C2)no1. The smallest absolute Gasteiger partial charge is 0.274 e. The lowest BCUT2D eigenvalue weighted by Gasteiger charge is -2.40. The molecule has 1 aliphatic heterocycles. The van der Waals surface area contributed by atoms with Crippen molar-refractivity contribution in [1.82, 2.24) is 9.46 Å². The summed E-state index contributed by atoms with van der Waals surface area (Å²) in [5, 5.41) is 6.29. The fraction of sp³-hybridized carbons (Fsp3) is 0.714. The Bertz CT molecular complexity index is 629. The van der Waals surface area contributed by atoms with Crippen LogP contribution in [-0.2, 0) is 21.2 Å². The van der Waals surface area contributed by atoms with Crippen molar-refractivity contribution in [3.8, 4) is 0 Å². The maximum absolute atomic E-state index is 12.9. The molecule has 6 nitrogen and oxygen atoms in total. The molecule has 0 aromatic carbocycles. The summed E-state index contributed by atoms with van der Waals surface area (Å²) in [6.07, 6.45) is 0. The molecule has 1 unspecified atom stereocenters. The third-order valence-electron chi connectivity index (χ3n) is 3.52. The number of carbonyl (C=O) groups is 1. The predicted octanol–water partition coefficient (Wildman–Crippen LogP) is 2.30. The Morgan fingerprint density at radius 2 is 1.91 bits per heavy atom. The normalized spacial score (nSPS) is 20.0. The Balaban J connectivity index is 2.04. The summed E-state index contributed by atoms with van der Waals surface area (Å²) in [6, 6.07) is 1.59. The first kappa shape index (κ1) is 18.0. The summed E-state index contributed by atoms with van der Waals surface area (Å²) in [5.41, 5.74) is -0.266. The Morgan fingerprint density at radius 1 is 1.35 bits per heavy atom. The van der Waals surface area contributed by atoms with Gasteiger partial charge in [-0.1, -0.05) is 25.9 Å². The second-order valence-electron chi connectivity index (χ2n) is 7.19. The van der Waals surface area contributed by atoms with Crippen LogP contribution in [0.15, 0.2) is 10.6 Å². The minimum absolute atomic E-state index is 0.207. The van der Waals surface area contributed by atoms with E-state index in [2.05, 4.69) is 10.5 Å². The molecule has 0 saturated carbocycles. The van der Waals surface area contributed by atoms with E-state index in [0.29, 0.717) is 5.76 Å². The third kappa shape index (κ3) is 3.77. The van der Waals surface area contributed by atoms with Gasteiger partial charge in [0, 0.05) is 11.5 Å². The van der Waals surface area contributed by atoms with Gasteiger partial charge in [0.05, 0.1) is 13.1 Å². The molecule has 1 saturated heterocycles. The van der Waals surface area contributed by atoms with Crippen molar-refractivity contribution in [2.45, 2.75) is 50.7 Å². The highest BCUT2D eigenvalue weighted by Crippen LogP contribution is 2.32. The van der Waals surface area contributed by atoms with Crippen LogP contribution in [0.3, 0.4) is 0 Å². The molecule has 130 valence electrons. The quantitative estimate of drug-likeness (QED) is 0.905. The van der Waals surface area contributed by atoms with E-state index >= 15 is 0 Å². The van der Waals surface area contributed by atoms with E-state index < -0.39 is 40.7 Å². The molecule has 1 aliphatic rings. The molecule has 2 heterocycles. The van der Waals surface area contributed by atoms with E-state index in [9.17, 15) is 17.8 Å². The lowest BCUT2D eigenvalue weighted by Crippen LogP contribution is -2.61. The van der Waals surface area contributed by atoms with Crippen LogP contribution in [0.4, 0.5) is 14.6 Å². The van der Waals surface area contributed by atoms with Crippen molar-refractivity contribution in [2.75, 3.05) is 18.4 Å². The topological polar surface area (TPSA) is 75.4 Å². The van der Waals surface area contributed by atoms with Gasteiger partial charge < -0.3 is 9.84 Å².